The summed E-state index contributed by atoms with van der Waals surface area (Å²) in [5, 5.41) is 2.80. The van der Waals surface area contributed by atoms with Crippen LogP contribution in [0.4, 0.5) is 5.82 Å². The molecule has 1 aliphatic rings. The summed E-state index contributed by atoms with van der Waals surface area (Å²) in [6.45, 7) is 2.76. The topological polar surface area (TPSA) is 60.5 Å². The number of amides is 1. The van der Waals surface area contributed by atoms with Crippen LogP contribution in [0, 0.1) is 5.41 Å². The summed E-state index contributed by atoms with van der Waals surface area (Å²) < 4.78 is 10.7. The molecule has 1 aliphatic heterocycles. The summed E-state index contributed by atoms with van der Waals surface area (Å²) >= 11 is 0. The standard InChI is InChI=1S/C16H16N2O3/c1-16(10-20-11-16)15(19)18-13-8-5-9-14(17-13)21-12-6-3-2-4-7-12/h2-9H,10-11H2,1H3,(H,17,18,19). The molecule has 5 heteroatoms. The van der Waals surface area contributed by atoms with Crippen molar-refractivity contribution in [3.05, 3.63) is 48.5 Å². The number of rotatable bonds is 4. The molecule has 2 heterocycles. The van der Waals surface area contributed by atoms with E-state index in [0.717, 1.165) is 0 Å². The van der Waals surface area contributed by atoms with Gasteiger partial charge in [-0.25, -0.2) is 0 Å². The van der Waals surface area contributed by atoms with Gasteiger partial charge in [-0.3, -0.25) is 4.79 Å². The molecular formula is C16H16N2O3. The minimum atomic E-state index is -0.460. The van der Waals surface area contributed by atoms with Crippen LogP contribution in [0.5, 0.6) is 11.6 Å². The smallest absolute Gasteiger partial charge is 0.236 e. The van der Waals surface area contributed by atoms with Gasteiger partial charge in [0, 0.05) is 6.07 Å². The monoisotopic (exact) mass is 284 g/mol. The third kappa shape index (κ3) is 3.03. The highest BCUT2D eigenvalue weighted by atomic mass is 16.5. The fourth-order valence-electron chi connectivity index (χ4n) is 1.96. The lowest BCUT2D eigenvalue weighted by Crippen LogP contribution is -2.49. The molecule has 1 saturated heterocycles. The van der Waals surface area contributed by atoms with Crippen molar-refractivity contribution < 1.29 is 14.3 Å². The molecule has 3 rings (SSSR count). The van der Waals surface area contributed by atoms with Gasteiger partial charge in [0.2, 0.25) is 11.8 Å². The maximum atomic E-state index is 12.1. The van der Waals surface area contributed by atoms with E-state index in [2.05, 4.69) is 10.3 Å². The molecule has 1 aromatic heterocycles. The molecule has 0 unspecified atom stereocenters. The second-order valence-electron chi connectivity index (χ2n) is 5.28. The minimum absolute atomic E-state index is 0.0851. The number of nitrogens with one attached hydrogen (secondary N) is 1. The van der Waals surface area contributed by atoms with E-state index in [1.807, 2.05) is 37.3 Å². The number of carbonyl (C=O) groups excluding carboxylic acids is 1. The van der Waals surface area contributed by atoms with Crippen molar-refractivity contribution in [3.63, 3.8) is 0 Å². The number of hydrogen-bond donors (Lipinski definition) is 1. The minimum Gasteiger partial charge on any atom is -0.439 e. The highest BCUT2D eigenvalue weighted by molar-refractivity contribution is 5.95. The first-order valence-electron chi connectivity index (χ1n) is 6.75. The molecule has 1 amide bonds. The predicted octanol–water partition coefficient (Wildman–Crippen LogP) is 2.85. The Balaban J connectivity index is 1.70. The van der Waals surface area contributed by atoms with Gasteiger partial charge in [-0.15, -0.1) is 0 Å². The van der Waals surface area contributed by atoms with Gasteiger partial charge >= 0.3 is 0 Å². The van der Waals surface area contributed by atoms with Crippen molar-refractivity contribution in [3.8, 4) is 11.6 Å². The van der Waals surface area contributed by atoms with Crippen LogP contribution < -0.4 is 10.1 Å². The van der Waals surface area contributed by atoms with E-state index in [4.69, 9.17) is 9.47 Å². The average Bonchev–Trinajstić information content (AvgIpc) is 2.46. The van der Waals surface area contributed by atoms with Crippen LogP contribution in [0.15, 0.2) is 48.5 Å². The van der Waals surface area contributed by atoms with Gasteiger partial charge in [-0.1, -0.05) is 24.3 Å². The Morgan fingerprint density at radius 2 is 1.95 bits per heavy atom. The van der Waals surface area contributed by atoms with Gasteiger partial charge in [0.25, 0.3) is 0 Å². The summed E-state index contributed by atoms with van der Waals surface area (Å²) in [6.07, 6.45) is 0. The van der Waals surface area contributed by atoms with Crippen molar-refractivity contribution >= 4 is 11.7 Å². The van der Waals surface area contributed by atoms with Gasteiger partial charge in [0.15, 0.2) is 0 Å². The number of benzene rings is 1. The molecule has 1 N–H and O–H groups in total. The van der Waals surface area contributed by atoms with E-state index in [1.54, 1.807) is 18.2 Å². The van der Waals surface area contributed by atoms with Crippen molar-refractivity contribution in [2.45, 2.75) is 6.92 Å². The third-order valence-corrected chi connectivity index (χ3v) is 3.32. The Bertz CT molecular complexity index is 639. The Morgan fingerprint density at radius 3 is 2.62 bits per heavy atom. The SMILES string of the molecule is CC1(C(=O)Nc2cccc(Oc3ccccc3)n2)COC1. The Labute approximate surface area is 122 Å². The van der Waals surface area contributed by atoms with E-state index in [1.165, 1.54) is 0 Å². The number of anilines is 1. The average molecular weight is 284 g/mol. The van der Waals surface area contributed by atoms with E-state index >= 15 is 0 Å². The van der Waals surface area contributed by atoms with E-state index in [0.29, 0.717) is 30.7 Å². The van der Waals surface area contributed by atoms with Crippen molar-refractivity contribution in [2.24, 2.45) is 5.41 Å². The maximum absolute atomic E-state index is 12.1. The van der Waals surface area contributed by atoms with Gasteiger partial charge in [-0.2, -0.15) is 4.98 Å². The first kappa shape index (κ1) is 13.6. The quantitative estimate of drug-likeness (QED) is 0.937. The Kier molecular flexibility index (Phi) is 3.58. The summed E-state index contributed by atoms with van der Waals surface area (Å²) in [7, 11) is 0. The van der Waals surface area contributed by atoms with Gasteiger partial charge in [-0.05, 0) is 25.1 Å². The molecule has 5 nitrogen and oxygen atoms in total. The number of hydrogen-bond acceptors (Lipinski definition) is 4. The molecule has 1 aromatic carbocycles. The molecule has 1 fully saturated rings. The van der Waals surface area contributed by atoms with Crippen LogP contribution in [-0.2, 0) is 9.53 Å². The highest BCUT2D eigenvalue weighted by Crippen LogP contribution is 2.28. The van der Waals surface area contributed by atoms with E-state index in [-0.39, 0.29) is 5.91 Å². The molecule has 108 valence electrons. The largest absolute Gasteiger partial charge is 0.439 e. The summed E-state index contributed by atoms with van der Waals surface area (Å²) in [5.74, 6) is 1.53. The Hall–Kier alpha value is -2.40. The number of carbonyl (C=O) groups is 1. The summed E-state index contributed by atoms with van der Waals surface area (Å²) in [4.78, 5) is 16.4. The molecule has 0 spiro atoms. The first-order valence-corrected chi connectivity index (χ1v) is 6.75. The van der Waals surface area contributed by atoms with Crippen LogP contribution in [0.3, 0.4) is 0 Å². The number of pyridine rings is 1. The zero-order chi connectivity index (χ0) is 14.7. The molecule has 21 heavy (non-hydrogen) atoms. The van der Waals surface area contributed by atoms with Crippen molar-refractivity contribution in [1.82, 2.24) is 4.98 Å². The Morgan fingerprint density at radius 1 is 1.19 bits per heavy atom. The molecular weight excluding hydrogens is 268 g/mol. The molecule has 0 aliphatic carbocycles. The van der Waals surface area contributed by atoms with Gasteiger partial charge in [0.05, 0.1) is 18.6 Å². The molecule has 0 saturated carbocycles. The van der Waals surface area contributed by atoms with Crippen LogP contribution >= 0.6 is 0 Å². The molecule has 0 radical (unpaired) electrons. The lowest BCUT2D eigenvalue weighted by Gasteiger charge is -2.36. The van der Waals surface area contributed by atoms with Gasteiger partial charge in [0.1, 0.15) is 11.6 Å². The van der Waals surface area contributed by atoms with Gasteiger partial charge < -0.3 is 14.8 Å². The van der Waals surface area contributed by atoms with E-state index in [9.17, 15) is 4.79 Å². The highest BCUT2D eigenvalue weighted by Gasteiger charge is 2.41. The second kappa shape index (κ2) is 5.54. The number of nitrogens with zero attached hydrogens (tertiary/aromatic N) is 1. The van der Waals surface area contributed by atoms with Crippen molar-refractivity contribution in [2.75, 3.05) is 18.5 Å². The molecule has 0 atom stereocenters. The summed E-state index contributed by atoms with van der Waals surface area (Å²) in [6, 6.07) is 14.7. The third-order valence-electron chi connectivity index (χ3n) is 3.32. The van der Waals surface area contributed by atoms with Crippen LogP contribution in [-0.4, -0.2) is 24.1 Å². The van der Waals surface area contributed by atoms with Crippen molar-refractivity contribution in [1.29, 1.82) is 0 Å². The number of ether oxygens (including phenoxy) is 2. The predicted molar refractivity (Wildman–Crippen MR) is 78.3 cm³/mol. The van der Waals surface area contributed by atoms with E-state index < -0.39 is 5.41 Å². The first-order chi connectivity index (χ1) is 10.2. The zero-order valence-corrected chi connectivity index (χ0v) is 11.7. The number of aromatic nitrogens is 1. The van der Waals surface area contributed by atoms with Crippen LogP contribution in [0.1, 0.15) is 6.92 Å². The zero-order valence-electron chi connectivity index (χ0n) is 11.7. The second-order valence-corrected chi connectivity index (χ2v) is 5.28. The fourth-order valence-corrected chi connectivity index (χ4v) is 1.96. The summed E-state index contributed by atoms with van der Waals surface area (Å²) in [5.41, 5.74) is -0.460. The fraction of sp³-hybridized carbons (Fsp3) is 0.250. The lowest BCUT2D eigenvalue weighted by atomic mass is 9.88. The van der Waals surface area contributed by atoms with Crippen LogP contribution in [0.2, 0.25) is 0 Å². The van der Waals surface area contributed by atoms with Crippen LogP contribution in [0.25, 0.3) is 0 Å². The normalized spacial score (nSPS) is 15.9. The molecule has 0 bridgehead atoms. The lowest BCUT2D eigenvalue weighted by molar-refractivity contribution is -0.151. The maximum Gasteiger partial charge on any atom is 0.236 e. The molecule has 2 aromatic rings. The number of para-hydroxylation sites is 1.